The number of carbonyl (C=O) groups is 1. The van der Waals surface area contributed by atoms with Gasteiger partial charge in [-0.25, -0.2) is 9.78 Å². The van der Waals surface area contributed by atoms with Crippen LogP contribution in [0.1, 0.15) is 13.9 Å². The van der Waals surface area contributed by atoms with Crippen molar-refractivity contribution in [1.82, 2.24) is 9.55 Å². The monoisotopic (exact) mass is 384 g/mol. The summed E-state index contributed by atoms with van der Waals surface area (Å²) in [6, 6.07) is 18.3. The Morgan fingerprint density at radius 2 is 1.93 bits per heavy atom. The Kier molecular flexibility index (Phi) is 4.20. The van der Waals surface area contributed by atoms with E-state index in [2.05, 4.69) is 15.6 Å². The molecule has 0 saturated heterocycles. The average molecular weight is 384 g/mol. The molecule has 7 nitrogen and oxygen atoms in total. The van der Waals surface area contributed by atoms with Crippen molar-refractivity contribution < 1.29 is 7.54 Å². The Bertz CT molecular complexity index is 1330. The van der Waals surface area contributed by atoms with E-state index in [1.165, 1.54) is 16.8 Å². The lowest BCUT2D eigenvalue weighted by atomic mass is 10.2. The molecule has 142 valence electrons. The van der Waals surface area contributed by atoms with E-state index in [1.54, 1.807) is 60.8 Å². The summed E-state index contributed by atoms with van der Waals surface area (Å²) >= 11 is 0. The zero-order valence-corrected chi connectivity index (χ0v) is 15.3. The van der Waals surface area contributed by atoms with Gasteiger partial charge in [-0.05, 0) is 48.0 Å². The summed E-state index contributed by atoms with van der Waals surface area (Å²) < 4.78 is 18.7. The van der Waals surface area contributed by atoms with Crippen molar-refractivity contribution in [2.45, 2.75) is 6.50 Å². The van der Waals surface area contributed by atoms with Gasteiger partial charge >= 0.3 is 6.03 Å². The van der Waals surface area contributed by atoms with Gasteiger partial charge in [-0.3, -0.25) is 0 Å². The molecule has 2 aromatic heterocycles. The number of urea groups is 1. The molecule has 4 aromatic rings. The number of pyridine rings is 1. The largest absolute Gasteiger partial charge is 0.384 e. The molecule has 4 N–H and O–H groups in total. The quantitative estimate of drug-likeness (QED) is 0.490. The van der Waals surface area contributed by atoms with Crippen molar-refractivity contribution in [1.29, 1.82) is 5.26 Å². The molecule has 4 rings (SSSR count). The third-order valence-corrected chi connectivity index (χ3v) is 4.31. The van der Waals surface area contributed by atoms with E-state index in [0.717, 1.165) is 0 Å². The van der Waals surface area contributed by atoms with Crippen LogP contribution in [-0.4, -0.2) is 15.6 Å². The molecular weight excluding hydrogens is 364 g/mol. The number of nitrogen functional groups attached to an aromatic ring is 1. The molecule has 0 aliphatic carbocycles. The molecule has 0 aliphatic heterocycles. The van der Waals surface area contributed by atoms with Crippen molar-refractivity contribution in [3.8, 4) is 6.07 Å². The molecule has 0 unspecified atom stereocenters. The molecular formula is C22H18N6O. The number of nitrogens with one attached hydrogen (secondary N) is 2. The van der Waals surface area contributed by atoms with E-state index in [0.29, 0.717) is 33.4 Å². The SMILES string of the molecule is [2H]C([2H])(c1ccnc(N)c1)n1ccc2c(NC(=O)Nc3ccccc3C#N)cccc21. The molecule has 0 aliphatic rings. The number of aromatic nitrogens is 2. The van der Waals surface area contributed by atoms with Gasteiger partial charge in [-0.2, -0.15) is 5.26 Å². The van der Waals surface area contributed by atoms with Crippen LogP contribution < -0.4 is 16.4 Å². The van der Waals surface area contributed by atoms with Crippen molar-refractivity contribution >= 4 is 34.1 Å². The summed E-state index contributed by atoms with van der Waals surface area (Å²) in [6.45, 7) is -1.88. The van der Waals surface area contributed by atoms with Crippen LogP contribution in [0.15, 0.2) is 73.1 Å². The molecule has 0 bridgehead atoms. The number of hydrogen-bond acceptors (Lipinski definition) is 4. The van der Waals surface area contributed by atoms with Gasteiger partial charge in [-0.1, -0.05) is 18.2 Å². The summed E-state index contributed by atoms with van der Waals surface area (Å²) in [5.41, 5.74) is 7.94. The lowest BCUT2D eigenvalue weighted by molar-refractivity contribution is 0.262. The maximum absolute atomic E-state index is 12.5. The molecule has 2 aromatic carbocycles. The number of carbonyl (C=O) groups excluding carboxylic acids is 1. The van der Waals surface area contributed by atoms with Crippen LogP contribution in [0.3, 0.4) is 0 Å². The highest BCUT2D eigenvalue weighted by atomic mass is 16.2. The molecule has 0 fully saturated rings. The number of benzene rings is 2. The van der Waals surface area contributed by atoms with Crippen LogP contribution in [0.4, 0.5) is 22.0 Å². The molecule has 0 saturated carbocycles. The number of anilines is 3. The van der Waals surface area contributed by atoms with Gasteiger partial charge in [0.15, 0.2) is 0 Å². The first-order valence-corrected chi connectivity index (χ1v) is 8.80. The summed E-state index contributed by atoms with van der Waals surface area (Å²) in [6.07, 6.45) is 3.08. The number of amides is 2. The maximum atomic E-state index is 12.5. The number of nitrogens with zero attached hydrogens (tertiary/aromatic N) is 3. The first kappa shape index (κ1) is 15.7. The standard InChI is InChI=1S/C22H18N6O/c23-13-16-4-1-2-5-18(16)26-22(29)27-19-6-3-7-20-17(19)9-11-28(20)14-15-8-10-25-21(24)12-15/h1-12H,14H2,(H2,24,25)(H2,26,27,29)/i14D2. The minimum atomic E-state index is -1.88. The number of nitriles is 1. The summed E-state index contributed by atoms with van der Waals surface area (Å²) in [5.74, 6) is 0.231. The third kappa shape index (κ3) is 3.87. The third-order valence-electron chi connectivity index (χ3n) is 4.31. The number of nitrogens with two attached hydrogens (primary N) is 1. The van der Waals surface area contributed by atoms with Gasteiger partial charge in [-0.15, -0.1) is 0 Å². The predicted octanol–water partition coefficient (Wildman–Crippen LogP) is 4.18. The first-order chi connectivity index (χ1) is 14.9. The summed E-state index contributed by atoms with van der Waals surface area (Å²) in [5, 5.41) is 15.3. The van der Waals surface area contributed by atoms with Crippen LogP contribution in [-0.2, 0) is 6.50 Å². The normalized spacial score (nSPS) is 12.0. The van der Waals surface area contributed by atoms with E-state index < -0.39 is 12.5 Å². The van der Waals surface area contributed by atoms with Crippen molar-refractivity contribution in [3.63, 3.8) is 0 Å². The average Bonchev–Trinajstić information content (AvgIpc) is 3.20. The second kappa shape index (κ2) is 7.74. The van der Waals surface area contributed by atoms with Crippen LogP contribution in [0, 0.1) is 11.3 Å². The Morgan fingerprint density at radius 1 is 1.14 bits per heavy atom. The van der Waals surface area contributed by atoms with E-state index >= 15 is 0 Å². The van der Waals surface area contributed by atoms with Gasteiger partial charge in [0, 0.05) is 24.3 Å². The fourth-order valence-corrected chi connectivity index (χ4v) is 3.00. The molecule has 29 heavy (non-hydrogen) atoms. The number of fused-ring (bicyclic) bond motifs is 1. The number of rotatable bonds is 4. The summed E-state index contributed by atoms with van der Waals surface area (Å²) in [7, 11) is 0. The predicted molar refractivity (Wildman–Crippen MR) is 113 cm³/mol. The smallest absolute Gasteiger partial charge is 0.323 e. The van der Waals surface area contributed by atoms with Crippen molar-refractivity contribution in [3.05, 3.63) is 84.2 Å². The van der Waals surface area contributed by atoms with Crippen LogP contribution in [0.2, 0.25) is 0 Å². The van der Waals surface area contributed by atoms with Crippen molar-refractivity contribution in [2.75, 3.05) is 16.4 Å². The summed E-state index contributed by atoms with van der Waals surface area (Å²) in [4.78, 5) is 16.4. The van der Waals surface area contributed by atoms with E-state index in [-0.39, 0.29) is 5.82 Å². The topological polar surface area (TPSA) is 109 Å². The molecule has 0 spiro atoms. The molecule has 0 radical (unpaired) electrons. The van der Waals surface area contributed by atoms with Crippen LogP contribution >= 0.6 is 0 Å². The number of para-hydroxylation sites is 1. The zero-order chi connectivity index (χ0) is 22.0. The molecule has 2 heterocycles. The van der Waals surface area contributed by atoms with Gasteiger partial charge in [0.1, 0.15) is 11.9 Å². The van der Waals surface area contributed by atoms with Crippen LogP contribution in [0.25, 0.3) is 10.9 Å². The minimum Gasteiger partial charge on any atom is -0.384 e. The van der Waals surface area contributed by atoms with Gasteiger partial charge in [0.25, 0.3) is 0 Å². The fourth-order valence-electron chi connectivity index (χ4n) is 3.00. The second-order valence-electron chi connectivity index (χ2n) is 6.24. The zero-order valence-electron chi connectivity index (χ0n) is 17.3. The van der Waals surface area contributed by atoms with E-state index in [4.69, 9.17) is 8.48 Å². The maximum Gasteiger partial charge on any atom is 0.323 e. The molecule has 2 amide bonds. The van der Waals surface area contributed by atoms with Gasteiger partial charge < -0.3 is 20.9 Å². The Labute approximate surface area is 170 Å². The fraction of sp³-hybridized carbons (Fsp3) is 0.0455. The Morgan fingerprint density at radius 3 is 2.76 bits per heavy atom. The number of hydrogen-bond donors (Lipinski definition) is 3. The molecule has 7 heteroatoms. The van der Waals surface area contributed by atoms with Crippen LogP contribution in [0.5, 0.6) is 0 Å². The Balaban J connectivity index is 1.65. The lowest BCUT2D eigenvalue weighted by Crippen LogP contribution is -2.20. The minimum absolute atomic E-state index is 0.231. The van der Waals surface area contributed by atoms with Gasteiger partial charge in [0.05, 0.1) is 25.2 Å². The second-order valence-corrected chi connectivity index (χ2v) is 6.24. The highest BCUT2D eigenvalue weighted by Crippen LogP contribution is 2.26. The van der Waals surface area contributed by atoms with E-state index in [9.17, 15) is 10.1 Å². The van der Waals surface area contributed by atoms with Gasteiger partial charge in [0.2, 0.25) is 0 Å². The highest BCUT2D eigenvalue weighted by molar-refractivity contribution is 6.06. The highest BCUT2D eigenvalue weighted by Gasteiger charge is 2.11. The molecule has 0 atom stereocenters. The Hall–Kier alpha value is -4.31. The lowest BCUT2D eigenvalue weighted by Gasteiger charge is -2.11. The van der Waals surface area contributed by atoms with E-state index in [1.807, 2.05) is 6.07 Å². The first-order valence-electron chi connectivity index (χ1n) is 9.80. The van der Waals surface area contributed by atoms with Crippen molar-refractivity contribution in [2.24, 2.45) is 0 Å².